The first kappa shape index (κ1) is 16.4. The Morgan fingerprint density at radius 1 is 1.39 bits per heavy atom. The fourth-order valence-electron chi connectivity index (χ4n) is 2.82. The van der Waals surface area contributed by atoms with E-state index >= 15 is 0 Å². The smallest absolute Gasteiger partial charge is 0.240 e. The molecule has 0 saturated carbocycles. The summed E-state index contributed by atoms with van der Waals surface area (Å²) < 4.78 is 0. The average Bonchev–Trinajstić information content (AvgIpc) is 2.98. The second-order valence-corrected chi connectivity index (χ2v) is 7.20. The lowest BCUT2D eigenvalue weighted by Gasteiger charge is -2.32. The van der Waals surface area contributed by atoms with E-state index in [4.69, 9.17) is 11.6 Å². The quantitative estimate of drug-likeness (QED) is 0.896. The van der Waals surface area contributed by atoms with Gasteiger partial charge in [-0.3, -0.25) is 9.69 Å². The molecule has 0 radical (unpaired) electrons. The highest BCUT2D eigenvalue weighted by Crippen LogP contribution is 2.26. The lowest BCUT2D eigenvalue weighted by atomic mass is 10.0. The molecule has 2 heterocycles. The van der Waals surface area contributed by atoms with E-state index in [0.29, 0.717) is 22.7 Å². The van der Waals surface area contributed by atoms with Crippen molar-refractivity contribution in [1.29, 1.82) is 0 Å². The molecule has 1 aliphatic heterocycles. The number of carbonyl (C=O) groups is 1. The number of hydrogen-bond donors (Lipinski definition) is 1. The van der Waals surface area contributed by atoms with Crippen molar-refractivity contribution in [2.45, 2.75) is 32.2 Å². The number of hydrogen-bond acceptors (Lipinski definition) is 4. The molecule has 1 aromatic heterocycles. The number of anilines is 1. The highest BCUT2D eigenvalue weighted by atomic mass is 35.5. The van der Waals surface area contributed by atoms with Crippen LogP contribution in [0.1, 0.15) is 26.2 Å². The first-order valence-electron chi connectivity index (χ1n) is 7.87. The van der Waals surface area contributed by atoms with Gasteiger partial charge in [-0.2, -0.15) is 0 Å². The topological polar surface area (TPSA) is 45.2 Å². The molecule has 6 heteroatoms. The van der Waals surface area contributed by atoms with Gasteiger partial charge in [0.2, 0.25) is 5.91 Å². The predicted molar refractivity (Wildman–Crippen MR) is 96.1 cm³/mol. The van der Waals surface area contributed by atoms with Gasteiger partial charge in [0.25, 0.3) is 0 Å². The number of nitrogens with zero attached hydrogens (tertiary/aromatic N) is 2. The van der Waals surface area contributed by atoms with Crippen molar-refractivity contribution in [3.8, 4) is 11.3 Å². The predicted octanol–water partition coefficient (Wildman–Crippen LogP) is 4.28. The van der Waals surface area contributed by atoms with E-state index in [9.17, 15) is 4.79 Å². The molecule has 1 N–H and O–H groups in total. The lowest BCUT2D eigenvalue weighted by molar-refractivity contribution is -0.118. The van der Waals surface area contributed by atoms with Gasteiger partial charge in [0.05, 0.1) is 12.2 Å². The molecule has 1 unspecified atom stereocenters. The molecule has 0 bridgehead atoms. The molecule has 1 aliphatic rings. The van der Waals surface area contributed by atoms with Crippen molar-refractivity contribution in [3.05, 3.63) is 34.7 Å². The maximum atomic E-state index is 12.2. The van der Waals surface area contributed by atoms with E-state index in [1.165, 1.54) is 30.6 Å². The minimum atomic E-state index is 0.00996. The Hall–Kier alpha value is -1.43. The van der Waals surface area contributed by atoms with Crippen molar-refractivity contribution in [1.82, 2.24) is 9.88 Å². The van der Waals surface area contributed by atoms with Gasteiger partial charge in [0, 0.05) is 22.0 Å². The third kappa shape index (κ3) is 4.31. The normalized spacial score (nSPS) is 18.8. The largest absolute Gasteiger partial charge is 0.301 e. The number of benzene rings is 1. The van der Waals surface area contributed by atoms with Crippen LogP contribution in [0, 0.1) is 0 Å². The number of aromatic nitrogens is 1. The van der Waals surface area contributed by atoms with Crippen LogP contribution in [0.4, 0.5) is 5.13 Å². The summed E-state index contributed by atoms with van der Waals surface area (Å²) in [5.74, 6) is 0.00996. The number of amides is 1. The molecule has 0 aliphatic carbocycles. The fourth-order valence-corrected chi connectivity index (χ4v) is 3.68. The van der Waals surface area contributed by atoms with E-state index in [0.717, 1.165) is 17.8 Å². The van der Waals surface area contributed by atoms with E-state index < -0.39 is 0 Å². The highest BCUT2D eigenvalue weighted by Gasteiger charge is 2.20. The second kappa shape index (κ2) is 7.43. The molecule has 2 aromatic rings. The zero-order chi connectivity index (χ0) is 16.2. The van der Waals surface area contributed by atoms with Crippen molar-refractivity contribution in [3.63, 3.8) is 0 Å². The highest BCUT2D eigenvalue weighted by molar-refractivity contribution is 7.14. The van der Waals surface area contributed by atoms with Crippen LogP contribution < -0.4 is 5.32 Å². The van der Waals surface area contributed by atoms with Gasteiger partial charge in [-0.15, -0.1) is 11.3 Å². The zero-order valence-corrected chi connectivity index (χ0v) is 14.7. The molecular weight excluding hydrogens is 330 g/mol. The fraction of sp³-hybridized carbons (Fsp3) is 0.412. The summed E-state index contributed by atoms with van der Waals surface area (Å²) in [4.78, 5) is 18.9. The molecule has 3 rings (SSSR count). The summed E-state index contributed by atoms with van der Waals surface area (Å²) >= 11 is 7.34. The van der Waals surface area contributed by atoms with Crippen LogP contribution in [-0.2, 0) is 4.79 Å². The number of thiazole rings is 1. The lowest BCUT2D eigenvalue weighted by Crippen LogP contribution is -2.42. The summed E-state index contributed by atoms with van der Waals surface area (Å²) in [5.41, 5.74) is 1.85. The SMILES string of the molecule is CC1CCCCN1CC(=O)Nc1nc(-c2ccc(Cl)cc2)cs1. The third-order valence-corrected chi connectivity index (χ3v) is 5.19. The molecule has 0 spiro atoms. The Kier molecular flexibility index (Phi) is 5.30. The van der Waals surface area contributed by atoms with Gasteiger partial charge in [-0.05, 0) is 38.4 Å². The number of piperidine rings is 1. The summed E-state index contributed by atoms with van der Waals surface area (Å²) in [5, 5.41) is 6.20. The van der Waals surface area contributed by atoms with Crippen LogP contribution in [0.15, 0.2) is 29.6 Å². The van der Waals surface area contributed by atoms with Gasteiger partial charge in [-0.1, -0.05) is 30.2 Å². The standard InChI is InChI=1S/C17H20ClN3OS/c1-12-4-2-3-9-21(12)10-16(22)20-17-19-15(11-23-17)13-5-7-14(18)8-6-13/h5-8,11-12H,2-4,9-10H2,1H3,(H,19,20,22). The molecule has 1 saturated heterocycles. The van der Waals surface area contributed by atoms with Crippen molar-refractivity contribution in [2.75, 3.05) is 18.4 Å². The van der Waals surface area contributed by atoms with Gasteiger partial charge in [-0.25, -0.2) is 4.98 Å². The van der Waals surface area contributed by atoms with Gasteiger partial charge >= 0.3 is 0 Å². The molecule has 23 heavy (non-hydrogen) atoms. The maximum absolute atomic E-state index is 12.2. The minimum absolute atomic E-state index is 0.00996. The third-order valence-electron chi connectivity index (χ3n) is 4.18. The van der Waals surface area contributed by atoms with Crippen molar-refractivity contribution < 1.29 is 4.79 Å². The van der Waals surface area contributed by atoms with Gasteiger partial charge in [0.1, 0.15) is 0 Å². The number of nitrogens with one attached hydrogen (secondary N) is 1. The molecule has 1 aromatic carbocycles. The Morgan fingerprint density at radius 2 is 2.17 bits per heavy atom. The van der Waals surface area contributed by atoms with Gasteiger partial charge in [0.15, 0.2) is 5.13 Å². The van der Waals surface area contributed by atoms with Crippen LogP contribution in [0.5, 0.6) is 0 Å². The van der Waals surface area contributed by atoms with Crippen molar-refractivity contribution >= 4 is 34.0 Å². The molecule has 1 amide bonds. The Balaban J connectivity index is 1.60. The van der Waals surface area contributed by atoms with Crippen LogP contribution in [0.3, 0.4) is 0 Å². The zero-order valence-electron chi connectivity index (χ0n) is 13.1. The molecular formula is C17H20ClN3OS. The van der Waals surface area contributed by atoms with Crippen LogP contribution in [0.25, 0.3) is 11.3 Å². The summed E-state index contributed by atoms with van der Waals surface area (Å²) in [6, 6.07) is 8.02. The van der Waals surface area contributed by atoms with E-state index in [-0.39, 0.29) is 5.91 Å². The van der Waals surface area contributed by atoms with Crippen LogP contribution in [-0.4, -0.2) is 34.9 Å². The molecule has 1 atom stereocenters. The maximum Gasteiger partial charge on any atom is 0.240 e. The van der Waals surface area contributed by atoms with Crippen LogP contribution in [0.2, 0.25) is 5.02 Å². The number of carbonyl (C=O) groups excluding carboxylic acids is 1. The van der Waals surface area contributed by atoms with E-state index in [2.05, 4.69) is 22.1 Å². The minimum Gasteiger partial charge on any atom is -0.301 e. The number of likely N-dealkylation sites (tertiary alicyclic amines) is 1. The average molecular weight is 350 g/mol. The Morgan fingerprint density at radius 3 is 2.91 bits per heavy atom. The molecule has 1 fully saturated rings. The number of rotatable bonds is 4. The first-order chi connectivity index (χ1) is 11.1. The first-order valence-corrected chi connectivity index (χ1v) is 9.13. The Bertz CT molecular complexity index is 671. The van der Waals surface area contributed by atoms with Crippen LogP contribution >= 0.6 is 22.9 Å². The van der Waals surface area contributed by atoms with Crippen molar-refractivity contribution in [2.24, 2.45) is 0 Å². The Labute approximate surface area is 145 Å². The van der Waals surface area contributed by atoms with Gasteiger partial charge < -0.3 is 5.32 Å². The number of halogens is 1. The second-order valence-electron chi connectivity index (χ2n) is 5.91. The van der Waals surface area contributed by atoms with E-state index in [1.54, 1.807) is 0 Å². The van der Waals surface area contributed by atoms with E-state index in [1.807, 2.05) is 29.6 Å². The summed E-state index contributed by atoms with van der Waals surface area (Å²) in [6.45, 7) is 3.63. The molecule has 4 nitrogen and oxygen atoms in total. The molecule has 122 valence electrons. The monoisotopic (exact) mass is 349 g/mol. The summed E-state index contributed by atoms with van der Waals surface area (Å²) in [6.07, 6.45) is 3.61. The summed E-state index contributed by atoms with van der Waals surface area (Å²) in [7, 11) is 0.